The number of hydrogen-bond donors (Lipinski definition) is 1. The van der Waals surface area contributed by atoms with Crippen LogP contribution in [0.1, 0.15) is 45.2 Å². The maximum Gasteiger partial charge on any atom is 0.253 e. The molecule has 2 aromatic rings. The van der Waals surface area contributed by atoms with E-state index < -0.39 is 0 Å². The maximum absolute atomic E-state index is 12.0. The lowest BCUT2D eigenvalue weighted by Crippen LogP contribution is -3.00. The molecule has 0 aromatic heterocycles. The van der Waals surface area contributed by atoms with Crippen molar-refractivity contribution in [2.45, 2.75) is 44.9 Å². The summed E-state index contributed by atoms with van der Waals surface area (Å²) in [6.45, 7) is 17.2. The van der Waals surface area contributed by atoms with Crippen molar-refractivity contribution in [3.63, 3.8) is 0 Å². The third kappa shape index (κ3) is 16.5. The molecule has 1 N–H and O–H groups in total. The van der Waals surface area contributed by atoms with E-state index in [2.05, 4.69) is 131 Å². The van der Waals surface area contributed by atoms with E-state index in [1.54, 1.807) is 0 Å². The Balaban J connectivity index is 0.0000101. The summed E-state index contributed by atoms with van der Waals surface area (Å²) in [6, 6.07) is 17.1. The van der Waals surface area contributed by atoms with E-state index in [0.717, 1.165) is 4.90 Å². The lowest BCUT2D eigenvalue weighted by molar-refractivity contribution is -0.442. The summed E-state index contributed by atoms with van der Waals surface area (Å²) in [6.07, 6.45) is 13.4. The second-order valence-corrected chi connectivity index (χ2v) is 16.8. The molecule has 3 aliphatic rings. The molecule has 0 atom stereocenters. The fourth-order valence-corrected chi connectivity index (χ4v) is 8.10. The maximum atomic E-state index is 12.0. The molecule has 0 unspecified atom stereocenters. The van der Waals surface area contributed by atoms with E-state index in [4.69, 9.17) is 38.7 Å². The number of azide groups is 1. The van der Waals surface area contributed by atoms with Gasteiger partial charge >= 0.3 is 0 Å². The molecule has 0 bridgehead atoms. The number of halogens is 1. The summed E-state index contributed by atoms with van der Waals surface area (Å²) in [5.41, 5.74) is 15.3. The van der Waals surface area contributed by atoms with Crippen LogP contribution in [0.15, 0.2) is 102 Å². The average molecular weight is 963 g/mol. The van der Waals surface area contributed by atoms with Gasteiger partial charge in [-0.05, 0) is 37.1 Å². The van der Waals surface area contributed by atoms with Crippen LogP contribution >= 0.6 is 0 Å². The van der Waals surface area contributed by atoms with Crippen LogP contribution in [0.2, 0.25) is 0 Å². The number of benzene rings is 2. The molecular formula is C50H68ClN7O10. The molecule has 3 heterocycles. The SMILES string of the molecule is CC1(C)C(=C/C=C/C=C/C2=[N+](CCOCCOCCOCCOCCC(=O)NCCN3C(=O)C=CC3=O)c3ccccc3C2(C)C)N(CCOCCOCCOCCN=[N+]=[N-])c2ccccc21.[Cl-]. The second-order valence-electron chi connectivity index (χ2n) is 16.8. The van der Waals surface area contributed by atoms with E-state index in [1.165, 1.54) is 46.1 Å². The fraction of sp³-hybridized carbons (Fsp3) is 0.520. The minimum Gasteiger partial charge on any atom is -1.00 e. The topological polar surface area (TPSA) is 186 Å². The third-order valence-corrected chi connectivity index (χ3v) is 11.5. The number of carbonyl (C=O) groups is 3. The number of carbonyl (C=O) groups excluding carboxylic acids is 3. The molecule has 3 aliphatic heterocycles. The number of imide groups is 1. The first kappa shape index (κ1) is 55.4. The highest BCUT2D eigenvalue weighted by Crippen LogP contribution is 2.47. The van der Waals surface area contributed by atoms with Crippen molar-refractivity contribution in [2.75, 3.05) is 130 Å². The van der Waals surface area contributed by atoms with Crippen LogP contribution < -0.4 is 22.6 Å². The number of hydrogen-bond acceptors (Lipinski definition) is 12. The molecule has 0 saturated heterocycles. The lowest BCUT2D eigenvalue weighted by atomic mass is 9.81. The molecule has 2 aromatic carbocycles. The van der Waals surface area contributed by atoms with Gasteiger partial charge in [0.15, 0.2) is 12.3 Å². The second kappa shape index (κ2) is 29.6. The van der Waals surface area contributed by atoms with Crippen molar-refractivity contribution < 1.29 is 64.5 Å². The number of amides is 3. The summed E-state index contributed by atoms with van der Waals surface area (Å²) < 4.78 is 42.1. The highest BCUT2D eigenvalue weighted by molar-refractivity contribution is 6.12. The average Bonchev–Trinajstić information content (AvgIpc) is 3.84. The van der Waals surface area contributed by atoms with E-state index in [9.17, 15) is 14.4 Å². The standard InChI is InChI=1S/C50H67N7O10.ClH/c1-49(2)40-12-8-10-14-42(40)55(24-28-63-32-36-66-35-31-62-27-22-53-54-51)44(49)16-6-5-7-17-45-50(3,4)41-13-9-11-15-43(41)56(45)25-29-64-33-37-67-39-38-65-34-30-61-26-20-46(58)52-21-23-57-47(59)18-19-48(57)60;/h5-19H,20-39H2,1-4H3;1H. The van der Waals surface area contributed by atoms with Gasteiger partial charge in [-0.1, -0.05) is 73.6 Å². The van der Waals surface area contributed by atoms with Gasteiger partial charge in [-0.2, -0.15) is 4.58 Å². The number of ether oxygens (including phenoxy) is 7. The van der Waals surface area contributed by atoms with Crippen LogP contribution in [0, 0.1) is 0 Å². The molecule has 3 amide bonds. The van der Waals surface area contributed by atoms with Crippen molar-refractivity contribution in [1.29, 1.82) is 0 Å². The van der Waals surface area contributed by atoms with Crippen molar-refractivity contribution >= 4 is 34.8 Å². The van der Waals surface area contributed by atoms with Crippen molar-refractivity contribution in [3.05, 3.63) is 118 Å². The van der Waals surface area contributed by atoms with Gasteiger partial charge in [0.25, 0.3) is 11.8 Å². The number of para-hydroxylation sites is 2. The summed E-state index contributed by atoms with van der Waals surface area (Å²) in [4.78, 5) is 41.2. The lowest BCUT2D eigenvalue weighted by Gasteiger charge is -2.27. The van der Waals surface area contributed by atoms with Gasteiger partial charge in [0, 0.05) is 84.2 Å². The van der Waals surface area contributed by atoms with Crippen LogP contribution in [-0.4, -0.2) is 158 Å². The Morgan fingerprint density at radius 2 is 1.24 bits per heavy atom. The zero-order chi connectivity index (χ0) is 47.7. The van der Waals surface area contributed by atoms with Crippen molar-refractivity contribution in [1.82, 2.24) is 10.2 Å². The largest absolute Gasteiger partial charge is 1.00 e. The highest BCUT2D eigenvalue weighted by Gasteiger charge is 2.44. The predicted molar refractivity (Wildman–Crippen MR) is 256 cm³/mol. The number of nitrogens with one attached hydrogen (secondary N) is 1. The van der Waals surface area contributed by atoms with Crippen LogP contribution in [0.25, 0.3) is 10.4 Å². The van der Waals surface area contributed by atoms with Gasteiger partial charge in [-0.3, -0.25) is 19.3 Å². The first-order valence-electron chi connectivity index (χ1n) is 23.1. The Bertz CT molecular complexity index is 2130. The van der Waals surface area contributed by atoms with Gasteiger partial charge in [0.2, 0.25) is 11.6 Å². The monoisotopic (exact) mass is 961 g/mol. The van der Waals surface area contributed by atoms with E-state index in [-0.39, 0.29) is 67.1 Å². The van der Waals surface area contributed by atoms with E-state index >= 15 is 0 Å². The number of allylic oxidation sites excluding steroid dienone is 6. The molecule has 17 nitrogen and oxygen atoms in total. The van der Waals surface area contributed by atoms with Gasteiger partial charge < -0.3 is 55.8 Å². The summed E-state index contributed by atoms with van der Waals surface area (Å²) in [5, 5.41) is 6.13. The Labute approximate surface area is 406 Å². The molecule has 68 heavy (non-hydrogen) atoms. The zero-order valence-corrected chi connectivity index (χ0v) is 40.7. The Morgan fingerprint density at radius 1 is 0.676 bits per heavy atom. The Hall–Kier alpha value is -5.20. The zero-order valence-electron chi connectivity index (χ0n) is 39.9. The summed E-state index contributed by atoms with van der Waals surface area (Å²) in [5.74, 6) is -0.951. The van der Waals surface area contributed by atoms with Gasteiger partial charge in [-0.25, -0.2) is 0 Å². The van der Waals surface area contributed by atoms with E-state index in [0.29, 0.717) is 106 Å². The molecular weight excluding hydrogens is 894 g/mol. The molecule has 370 valence electrons. The quantitative estimate of drug-likeness (QED) is 0.0211. The van der Waals surface area contributed by atoms with Crippen LogP contribution in [0.5, 0.6) is 0 Å². The van der Waals surface area contributed by atoms with Crippen LogP contribution in [0.3, 0.4) is 0 Å². The summed E-state index contributed by atoms with van der Waals surface area (Å²) >= 11 is 0. The van der Waals surface area contributed by atoms with Crippen molar-refractivity contribution in [3.8, 4) is 0 Å². The molecule has 0 spiro atoms. The van der Waals surface area contributed by atoms with E-state index in [1.807, 2.05) is 0 Å². The Kier molecular flexibility index (Phi) is 24.1. The third-order valence-electron chi connectivity index (χ3n) is 11.5. The first-order valence-corrected chi connectivity index (χ1v) is 23.1. The molecule has 0 radical (unpaired) electrons. The number of rotatable bonds is 33. The molecule has 0 saturated carbocycles. The normalized spacial score (nSPS) is 16.3. The first-order chi connectivity index (χ1) is 32.6. The number of anilines is 1. The minimum absolute atomic E-state index is 0. The predicted octanol–water partition coefficient (Wildman–Crippen LogP) is 2.72. The molecule has 0 aliphatic carbocycles. The highest BCUT2D eigenvalue weighted by atomic mass is 35.5. The van der Waals surface area contributed by atoms with Gasteiger partial charge in [0.05, 0.1) is 91.3 Å². The number of nitrogens with zero attached hydrogens (tertiary/aromatic N) is 6. The van der Waals surface area contributed by atoms with Crippen LogP contribution in [-0.2, 0) is 58.4 Å². The smallest absolute Gasteiger partial charge is 0.253 e. The molecule has 18 heteroatoms. The molecule has 5 rings (SSSR count). The number of fused-ring (bicyclic) bond motifs is 2. The van der Waals surface area contributed by atoms with Crippen molar-refractivity contribution in [2.24, 2.45) is 5.11 Å². The minimum atomic E-state index is -0.369. The fourth-order valence-electron chi connectivity index (χ4n) is 8.10. The summed E-state index contributed by atoms with van der Waals surface area (Å²) in [7, 11) is 0. The molecule has 0 fully saturated rings. The van der Waals surface area contributed by atoms with Gasteiger partial charge in [0.1, 0.15) is 6.61 Å². The van der Waals surface area contributed by atoms with Crippen LogP contribution in [0.4, 0.5) is 11.4 Å². The van der Waals surface area contributed by atoms with Gasteiger partial charge in [-0.15, -0.1) is 0 Å². The Morgan fingerprint density at radius 3 is 1.88 bits per heavy atom.